The van der Waals surface area contributed by atoms with Gasteiger partial charge in [-0.25, -0.2) is 0 Å². The Morgan fingerprint density at radius 2 is 0.915 bits per heavy atom. The van der Waals surface area contributed by atoms with Gasteiger partial charge in [0.25, 0.3) is 0 Å². The number of hydrogen-bond donors (Lipinski definition) is 0. The average molecular weight is 729 g/mol. The lowest BCUT2D eigenvalue weighted by Crippen LogP contribution is -2.24. The van der Waals surface area contributed by atoms with Crippen molar-refractivity contribution in [2.45, 2.75) is 19.3 Å². The zero-order chi connectivity index (χ0) is 31.8. The summed E-state index contributed by atoms with van der Waals surface area (Å²) < 4.78 is 2.17. The van der Waals surface area contributed by atoms with Crippen molar-refractivity contribution in [1.29, 1.82) is 0 Å². The molecule has 0 aromatic heterocycles. The maximum absolute atomic E-state index is 4.85. The topological polar surface area (TPSA) is 0 Å². The van der Waals surface area contributed by atoms with E-state index in [-0.39, 0.29) is 5.41 Å². The molecule has 0 spiro atoms. The van der Waals surface area contributed by atoms with Gasteiger partial charge in [0.05, 0.1) is 0 Å². The van der Waals surface area contributed by atoms with E-state index >= 15 is 0 Å². The lowest BCUT2D eigenvalue weighted by molar-refractivity contribution is 0.652. The van der Waals surface area contributed by atoms with E-state index in [1.165, 1.54) is 98.0 Å². The van der Waals surface area contributed by atoms with Crippen molar-refractivity contribution in [2.24, 2.45) is 0 Å². The number of hydrogen-bond acceptors (Lipinski definition) is 0. The molecule has 9 aromatic rings. The number of fused-ring (bicyclic) bond motifs is 2. The minimum absolute atomic E-state index is 0.254. The first kappa shape index (κ1) is 27.6. The summed E-state index contributed by atoms with van der Waals surface area (Å²) in [7, 11) is 0. The molecule has 0 amide bonds. The predicted octanol–water partition coefficient (Wildman–Crippen LogP) is 13.2. The number of benzene rings is 9. The van der Waals surface area contributed by atoms with Gasteiger partial charge in [-0.1, -0.05) is 137 Å². The van der Waals surface area contributed by atoms with E-state index in [2.05, 4.69) is 167 Å². The molecule has 47 heavy (non-hydrogen) atoms. The van der Waals surface area contributed by atoms with E-state index in [0.29, 0.717) is 0 Å². The third kappa shape index (κ3) is 3.63. The van der Waals surface area contributed by atoms with Gasteiger partial charge in [0.2, 0.25) is 0 Å². The summed E-state index contributed by atoms with van der Waals surface area (Å²) in [4.78, 5) is 0. The average Bonchev–Trinajstić information content (AvgIpc) is 3.08. The highest BCUT2D eigenvalue weighted by Crippen LogP contribution is 2.54. The third-order valence-electron chi connectivity index (χ3n) is 10.8. The van der Waals surface area contributed by atoms with Crippen LogP contribution >= 0.6 is 31.9 Å². The Balaban J connectivity index is 1.47. The van der Waals surface area contributed by atoms with Crippen LogP contribution in [0.3, 0.4) is 0 Å². The Labute approximate surface area is 289 Å². The third-order valence-corrected chi connectivity index (χ3v) is 11.7. The van der Waals surface area contributed by atoms with Crippen LogP contribution in [0, 0.1) is 0 Å². The molecular weight excluding hydrogens is 700 g/mol. The van der Waals surface area contributed by atoms with Crippen molar-refractivity contribution < 1.29 is 0 Å². The molecule has 0 aliphatic heterocycles. The van der Waals surface area contributed by atoms with Crippen LogP contribution in [0.15, 0.2) is 130 Å². The van der Waals surface area contributed by atoms with Crippen LogP contribution < -0.4 is 5.22 Å². The molecule has 0 bridgehead atoms. The summed E-state index contributed by atoms with van der Waals surface area (Å²) in [5, 5.41) is 16.5. The maximum atomic E-state index is 4.85. The standard InChI is InChI=1S/C45H28Br2/c1-24-33-18-27(46)19-37-36(32-17-9-13-26-11-5-7-15-30(26)32)23-40-44(41(33)37)43-34(24)22-35(31-16-8-12-25-10-4-6-14-29(25)31)38-20-28(47)21-39(42(38)43)45(40,2)3/h4-23H,1H2,2-3H3. The second-order valence-electron chi connectivity index (χ2n) is 13.6. The van der Waals surface area contributed by atoms with Crippen LogP contribution in [0.1, 0.15) is 25.0 Å². The highest BCUT2D eigenvalue weighted by molar-refractivity contribution is 9.10. The second kappa shape index (κ2) is 9.53. The first-order chi connectivity index (χ1) is 22.8. The quantitative estimate of drug-likeness (QED) is 0.123. The van der Waals surface area contributed by atoms with Crippen LogP contribution in [0.5, 0.6) is 0 Å². The van der Waals surface area contributed by atoms with Crippen molar-refractivity contribution in [2.75, 3.05) is 0 Å². The zero-order valence-electron chi connectivity index (χ0n) is 26.0. The predicted molar refractivity (Wildman–Crippen MR) is 211 cm³/mol. The van der Waals surface area contributed by atoms with Crippen molar-refractivity contribution >= 4 is 103 Å². The summed E-state index contributed by atoms with van der Waals surface area (Å²) in [6.45, 7) is 9.67. The van der Waals surface area contributed by atoms with E-state index in [4.69, 9.17) is 6.58 Å². The van der Waals surface area contributed by atoms with Crippen LogP contribution in [0.25, 0.3) is 93.5 Å². The molecule has 10 rings (SSSR count). The van der Waals surface area contributed by atoms with Crippen molar-refractivity contribution in [3.05, 3.63) is 147 Å². The first-order valence-electron chi connectivity index (χ1n) is 16.1. The van der Waals surface area contributed by atoms with Crippen LogP contribution in [0.4, 0.5) is 0 Å². The highest BCUT2D eigenvalue weighted by atomic mass is 79.9. The summed E-state index contributed by atoms with van der Waals surface area (Å²) in [5.41, 5.74) is 7.50. The number of rotatable bonds is 2. The van der Waals surface area contributed by atoms with Gasteiger partial charge in [-0.05, 0) is 140 Å². The molecule has 2 heteroatoms. The largest absolute Gasteiger partial charge is 0.0905 e. The lowest BCUT2D eigenvalue weighted by Gasteiger charge is -2.36. The molecule has 1 aliphatic carbocycles. The zero-order valence-corrected chi connectivity index (χ0v) is 29.2. The SMILES string of the molecule is C=c1c2cc(Br)cc3c(-c4cccc5ccccc45)cc4c(c32)c2c1cc(-c1cccc3ccccc13)c1cc(Br)cc(c12)C4(C)C. The molecule has 0 saturated carbocycles. The van der Waals surface area contributed by atoms with Gasteiger partial charge in [-0.15, -0.1) is 0 Å². The number of halogens is 2. The van der Waals surface area contributed by atoms with Crippen LogP contribution in [-0.4, -0.2) is 0 Å². The van der Waals surface area contributed by atoms with E-state index in [1.54, 1.807) is 0 Å². The molecule has 0 unspecified atom stereocenters. The molecule has 0 saturated heterocycles. The molecule has 1 aliphatic rings. The van der Waals surface area contributed by atoms with Gasteiger partial charge >= 0.3 is 0 Å². The lowest BCUT2D eigenvalue weighted by atomic mass is 9.67. The summed E-state index contributed by atoms with van der Waals surface area (Å²) >= 11 is 7.90. The molecule has 0 fully saturated rings. The Morgan fingerprint density at radius 1 is 0.426 bits per heavy atom. The van der Waals surface area contributed by atoms with Gasteiger partial charge in [-0.2, -0.15) is 0 Å². The van der Waals surface area contributed by atoms with Crippen molar-refractivity contribution in [3.8, 4) is 22.3 Å². The maximum Gasteiger partial charge on any atom is 0.0188 e. The molecule has 222 valence electrons. The molecular formula is C45H28Br2. The van der Waals surface area contributed by atoms with E-state index in [9.17, 15) is 0 Å². The molecule has 0 atom stereocenters. The van der Waals surface area contributed by atoms with Crippen molar-refractivity contribution in [3.63, 3.8) is 0 Å². The Kier molecular flexibility index (Phi) is 5.60. The van der Waals surface area contributed by atoms with Crippen molar-refractivity contribution in [1.82, 2.24) is 0 Å². The Morgan fingerprint density at radius 3 is 1.57 bits per heavy atom. The van der Waals surface area contributed by atoms with E-state index in [0.717, 1.165) is 14.2 Å². The molecule has 0 radical (unpaired) electrons. The highest BCUT2D eigenvalue weighted by Gasteiger charge is 2.36. The normalized spacial score (nSPS) is 13.8. The van der Waals surface area contributed by atoms with Gasteiger partial charge in [0, 0.05) is 14.4 Å². The smallest absolute Gasteiger partial charge is 0.0188 e. The van der Waals surface area contributed by atoms with Gasteiger partial charge in [-0.3, -0.25) is 0 Å². The van der Waals surface area contributed by atoms with Gasteiger partial charge < -0.3 is 0 Å². The van der Waals surface area contributed by atoms with Gasteiger partial charge in [0.15, 0.2) is 0 Å². The van der Waals surface area contributed by atoms with E-state index < -0.39 is 0 Å². The fraction of sp³-hybridized carbons (Fsp3) is 0.0667. The summed E-state index contributed by atoms with van der Waals surface area (Å²) in [5.74, 6) is 0. The fourth-order valence-electron chi connectivity index (χ4n) is 8.67. The minimum atomic E-state index is -0.254. The first-order valence-corrected chi connectivity index (χ1v) is 17.7. The van der Waals surface area contributed by atoms with Crippen LogP contribution in [0.2, 0.25) is 0 Å². The summed E-state index contributed by atoms with van der Waals surface area (Å²) in [6, 6.07) is 45.1. The molecule has 9 aromatic carbocycles. The molecule has 0 heterocycles. The molecule has 0 N–H and O–H groups in total. The van der Waals surface area contributed by atoms with Gasteiger partial charge in [0.1, 0.15) is 0 Å². The molecule has 0 nitrogen and oxygen atoms in total. The summed E-state index contributed by atoms with van der Waals surface area (Å²) in [6.07, 6.45) is 0. The fourth-order valence-corrected chi connectivity index (χ4v) is 9.59. The monoisotopic (exact) mass is 726 g/mol. The second-order valence-corrected chi connectivity index (χ2v) is 15.4. The van der Waals surface area contributed by atoms with Crippen LogP contribution in [-0.2, 0) is 5.41 Å². The minimum Gasteiger partial charge on any atom is -0.0905 e. The Hall–Kier alpha value is -4.50. The van der Waals surface area contributed by atoms with E-state index in [1.807, 2.05) is 0 Å². The Bertz CT molecular complexity index is 2900.